The van der Waals surface area contributed by atoms with E-state index in [4.69, 9.17) is 11.5 Å². The van der Waals surface area contributed by atoms with Crippen molar-refractivity contribution >= 4 is 17.5 Å². The second-order valence-corrected chi connectivity index (χ2v) is 5.86. The number of hydrogen-bond acceptors (Lipinski definition) is 4. The SMILES string of the molecule is Nc1ccc(C(=O)N2CCN(C(=O)C3(N)CC3)CC2)cc1. The molecule has 4 N–H and O–H groups in total. The topological polar surface area (TPSA) is 92.7 Å². The summed E-state index contributed by atoms with van der Waals surface area (Å²) in [6.07, 6.45) is 1.55. The lowest BCUT2D eigenvalue weighted by molar-refractivity contribution is -0.135. The molecule has 6 heteroatoms. The van der Waals surface area contributed by atoms with E-state index in [0.29, 0.717) is 37.4 Å². The Bertz CT molecular complexity index is 558. The van der Waals surface area contributed by atoms with Crippen molar-refractivity contribution < 1.29 is 9.59 Å². The van der Waals surface area contributed by atoms with Gasteiger partial charge in [-0.15, -0.1) is 0 Å². The normalized spacial score (nSPS) is 20.2. The highest BCUT2D eigenvalue weighted by molar-refractivity contribution is 5.95. The van der Waals surface area contributed by atoms with Crippen LogP contribution in [0.5, 0.6) is 0 Å². The minimum atomic E-state index is -0.622. The van der Waals surface area contributed by atoms with Crippen LogP contribution in [0.3, 0.4) is 0 Å². The van der Waals surface area contributed by atoms with Crippen molar-refractivity contribution in [2.24, 2.45) is 5.73 Å². The van der Waals surface area contributed by atoms with Crippen LogP contribution in [0.2, 0.25) is 0 Å². The number of rotatable bonds is 2. The summed E-state index contributed by atoms with van der Waals surface area (Å²) in [6.45, 7) is 2.20. The Hall–Kier alpha value is -2.08. The van der Waals surface area contributed by atoms with E-state index in [1.807, 2.05) is 0 Å². The summed E-state index contributed by atoms with van der Waals surface area (Å²) in [7, 11) is 0. The number of nitrogen functional groups attached to an aromatic ring is 1. The van der Waals surface area contributed by atoms with Crippen LogP contribution in [0.25, 0.3) is 0 Å². The van der Waals surface area contributed by atoms with Crippen molar-refractivity contribution in [3.05, 3.63) is 29.8 Å². The van der Waals surface area contributed by atoms with Gasteiger partial charge in [0.05, 0.1) is 5.54 Å². The number of benzene rings is 1. The monoisotopic (exact) mass is 288 g/mol. The quantitative estimate of drug-likeness (QED) is 0.752. The predicted molar refractivity (Wildman–Crippen MR) is 79.5 cm³/mol. The zero-order valence-corrected chi connectivity index (χ0v) is 11.9. The van der Waals surface area contributed by atoms with Crippen molar-refractivity contribution in [2.75, 3.05) is 31.9 Å². The summed E-state index contributed by atoms with van der Waals surface area (Å²) < 4.78 is 0. The van der Waals surface area contributed by atoms with E-state index in [2.05, 4.69) is 0 Å². The number of hydrogen-bond donors (Lipinski definition) is 2. The molecular weight excluding hydrogens is 268 g/mol. The van der Waals surface area contributed by atoms with Crippen LogP contribution >= 0.6 is 0 Å². The van der Waals surface area contributed by atoms with Gasteiger partial charge in [0.1, 0.15) is 0 Å². The zero-order valence-electron chi connectivity index (χ0n) is 11.9. The molecule has 1 aliphatic carbocycles. The Labute approximate surface area is 123 Å². The van der Waals surface area contributed by atoms with Crippen molar-refractivity contribution in [1.29, 1.82) is 0 Å². The summed E-state index contributed by atoms with van der Waals surface area (Å²) in [6, 6.07) is 6.90. The number of nitrogens with zero attached hydrogens (tertiary/aromatic N) is 2. The second-order valence-electron chi connectivity index (χ2n) is 5.86. The maximum atomic E-state index is 12.4. The number of anilines is 1. The maximum absolute atomic E-state index is 12.4. The molecular formula is C15H20N4O2. The molecule has 1 saturated heterocycles. The summed E-state index contributed by atoms with van der Waals surface area (Å²) in [5, 5.41) is 0. The molecule has 1 heterocycles. The fourth-order valence-corrected chi connectivity index (χ4v) is 2.58. The first-order chi connectivity index (χ1) is 9.99. The van der Waals surface area contributed by atoms with Gasteiger partial charge in [0.15, 0.2) is 0 Å². The molecule has 0 bridgehead atoms. The Morgan fingerprint density at radius 3 is 2.00 bits per heavy atom. The molecule has 1 saturated carbocycles. The lowest BCUT2D eigenvalue weighted by Gasteiger charge is -2.36. The average Bonchev–Trinajstić information content (AvgIpc) is 3.26. The molecule has 0 spiro atoms. The molecule has 1 aromatic rings. The van der Waals surface area contributed by atoms with Crippen molar-refractivity contribution in [2.45, 2.75) is 18.4 Å². The molecule has 1 aromatic carbocycles. The maximum Gasteiger partial charge on any atom is 0.253 e. The molecule has 2 fully saturated rings. The zero-order chi connectivity index (χ0) is 15.0. The predicted octanol–water partition coefficient (Wildman–Crippen LogP) is 0.0445. The van der Waals surface area contributed by atoms with Gasteiger partial charge in [-0.1, -0.05) is 0 Å². The molecule has 1 aliphatic heterocycles. The average molecular weight is 288 g/mol. The van der Waals surface area contributed by atoms with Crippen LogP contribution in [-0.2, 0) is 4.79 Å². The lowest BCUT2D eigenvalue weighted by Crippen LogP contribution is -2.55. The second kappa shape index (κ2) is 5.04. The summed E-state index contributed by atoms with van der Waals surface area (Å²) in [5.74, 6) is 0.0121. The van der Waals surface area contributed by atoms with Gasteiger partial charge < -0.3 is 21.3 Å². The highest BCUT2D eigenvalue weighted by Gasteiger charge is 2.48. The van der Waals surface area contributed by atoms with Gasteiger partial charge in [-0.25, -0.2) is 0 Å². The van der Waals surface area contributed by atoms with Crippen LogP contribution in [-0.4, -0.2) is 53.3 Å². The lowest BCUT2D eigenvalue weighted by atomic mass is 10.1. The van der Waals surface area contributed by atoms with E-state index in [-0.39, 0.29) is 11.8 Å². The van der Waals surface area contributed by atoms with Crippen LogP contribution in [0, 0.1) is 0 Å². The van der Waals surface area contributed by atoms with Gasteiger partial charge in [0, 0.05) is 37.4 Å². The first-order valence-corrected chi connectivity index (χ1v) is 7.23. The summed E-state index contributed by atoms with van der Waals surface area (Å²) in [5.41, 5.74) is 12.2. The molecule has 2 amide bonds. The van der Waals surface area contributed by atoms with E-state index < -0.39 is 5.54 Å². The molecule has 0 unspecified atom stereocenters. The Balaban J connectivity index is 1.59. The van der Waals surface area contributed by atoms with Gasteiger partial charge in [-0.05, 0) is 37.1 Å². The van der Waals surface area contributed by atoms with Crippen molar-refractivity contribution in [3.63, 3.8) is 0 Å². The van der Waals surface area contributed by atoms with E-state index in [1.54, 1.807) is 34.1 Å². The third kappa shape index (κ3) is 2.71. The number of piperazine rings is 1. The van der Waals surface area contributed by atoms with Gasteiger partial charge in [-0.2, -0.15) is 0 Å². The Morgan fingerprint density at radius 1 is 0.952 bits per heavy atom. The summed E-state index contributed by atoms with van der Waals surface area (Å²) in [4.78, 5) is 28.1. The van der Waals surface area contributed by atoms with Crippen LogP contribution in [0.4, 0.5) is 5.69 Å². The van der Waals surface area contributed by atoms with Crippen molar-refractivity contribution in [3.8, 4) is 0 Å². The molecule has 0 aromatic heterocycles. The van der Waals surface area contributed by atoms with Crippen molar-refractivity contribution in [1.82, 2.24) is 9.80 Å². The van der Waals surface area contributed by atoms with E-state index in [0.717, 1.165) is 12.8 Å². The molecule has 2 aliphatic rings. The van der Waals surface area contributed by atoms with Crippen LogP contribution < -0.4 is 11.5 Å². The first-order valence-electron chi connectivity index (χ1n) is 7.23. The fourth-order valence-electron chi connectivity index (χ4n) is 2.58. The van der Waals surface area contributed by atoms with Crippen LogP contribution in [0.1, 0.15) is 23.2 Å². The Morgan fingerprint density at radius 2 is 1.48 bits per heavy atom. The van der Waals surface area contributed by atoms with E-state index in [9.17, 15) is 9.59 Å². The van der Waals surface area contributed by atoms with E-state index in [1.165, 1.54) is 0 Å². The number of carbonyl (C=O) groups is 2. The van der Waals surface area contributed by atoms with E-state index >= 15 is 0 Å². The van der Waals surface area contributed by atoms with Gasteiger partial charge in [0.2, 0.25) is 5.91 Å². The molecule has 0 radical (unpaired) electrons. The van der Waals surface area contributed by atoms with Crippen LogP contribution in [0.15, 0.2) is 24.3 Å². The third-order valence-corrected chi connectivity index (χ3v) is 4.23. The largest absolute Gasteiger partial charge is 0.399 e. The minimum absolute atomic E-state index is 0.0176. The van der Waals surface area contributed by atoms with Gasteiger partial charge >= 0.3 is 0 Å². The standard InChI is InChI=1S/C15H20N4O2/c16-12-3-1-11(2-4-12)13(20)18-7-9-19(10-8-18)14(21)15(17)5-6-15/h1-4H,5-10,16-17H2. The third-order valence-electron chi connectivity index (χ3n) is 4.23. The highest BCUT2D eigenvalue weighted by Crippen LogP contribution is 2.34. The Kier molecular flexibility index (Phi) is 3.33. The first kappa shape index (κ1) is 13.9. The molecule has 21 heavy (non-hydrogen) atoms. The van der Waals surface area contributed by atoms with Gasteiger partial charge in [-0.3, -0.25) is 9.59 Å². The molecule has 0 atom stereocenters. The molecule has 6 nitrogen and oxygen atoms in total. The van der Waals surface area contributed by atoms with Gasteiger partial charge in [0.25, 0.3) is 5.91 Å². The smallest absolute Gasteiger partial charge is 0.253 e. The minimum Gasteiger partial charge on any atom is -0.399 e. The highest BCUT2D eigenvalue weighted by atomic mass is 16.2. The number of nitrogens with two attached hydrogens (primary N) is 2. The number of amides is 2. The number of carbonyl (C=O) groups excluding carboxylic acids is 2. The fraction of sp³-hybridized carbons (Fsp3) is 0.467. The summed E-state index contributed by atoms with van der Waals surface area (Å²) >= 11 is 0. The molecule has 3 rings (SSSR count). The molecule has 112 valence electrons.